The Morgan fingerprint density at radius 2 is 1.65 bits per heavy atom. The van der Waals surface area contributed by atoms with Crippen molar-refractivity contribution >= 4 is 40.5 Å². The molecule has 0 atom stereocenters. The summed E-state index contributed by atoms with van der Waals surface area (Å²) in [6.07, 6.45) is 0. The fraction of sp³-hybridized carbons (Fsp3) is 0.133. The van der Waals surface area contributed by atoms with Gasteiger partial charge in [0.1, 0.15) is 0 Å². The van der Waals surface area contributed by atoms with Crippen molar-refractivity contribution < 1.29 is 4.79 Å². The van der Waals surface area contributed by atoms with E-state index < -0.39 is 0 Å². The van der Waals surface area contributed by atoms with E-state index in [1.165, 1.54) is 0 Å². The van der Waals surface area contributed by atoms with Gasteiger partial charge >= 0.3 is 0 Å². The van der Waals surface area contributed by atoms with E-state index in [-0.39, 0.29) is 5.91 Å². The van der Waals surface area contributed by atoms with Gasteiger partial charge in [0.05, 0.1) is 10.0 Å². The van der Waals surface area contributed by atoms with Crippen molar-refractivity contribution in [2.24, 2.45) is 0 Å². The number of hydrogen-bond donors (Lipinski definition) is 1. The summed E-state index contributed by atoms with van der Waals surface area (Å²) in [6, 6.07) is 12.4. The van der Waals surface area contributed by atoms with E-state index in [9.17, 15) is 4.79 Å². The molecule has 2 rings (SSSR count). The summed E-state index contributed by atoms with van der Waals surface area (Å²) in [5, 5.41) is 3.60. The summed E-state index contributed by atoms with van der Waals surface area (Å²) in [4.78, 5) is 14.1. The van der Waals surface area contributed by atoms with Crippen molar-refractivity contribution in [3.63, 3.8) is 0 Å². The van der Waals surface area contributed by atoms with Crippen molar-refractivity contribution in [2.45, 2.75) is 0 Å². The Bertz CT molecular complexity index is 624. The number of carbonyl (C=O) groups excluding carboxylic acids is 1. The zero-order valence-electron chi connectivity index (χ0n) is 11.2. The van der Waals surface area contributed by atoms with Gasteiger partial charge in [-0.1, -0.05) is 23.2 Å². The summed E-state index contributed by atoms with van der Waals surface area (Å²) in [5.41, 5.74) is 2.26. The number of benzene rings is 2. The van der Waals surface area contributed by atoms with Crippen molar-refractivity contribution in [1.82, 2.24) is 0 Å². The Hall–Kier alpha value is -1.71. The topological polar surface area (TPSA) is 32.3 Å². The lowest BCUT2D eigenvalue weighted by molar-refractivity contribution is 0.102. The van der Waals surface area contributed by atoms with Crippen LogP contribution in [0.2, 0.25) is 10.0 Å². The molecule has 5 heteroatoms. The molecule has 20 heavy (non-hydrogen) atoms. The molecule has 0 aliphatic rings. The van der Waals surface area contributed by atoms with Crippen LogP contribution in [0.25, 0.3) is 0 Å². The quantitative estimate of drug-likeness (QED) is 0.916. The maximum Gasteiger partial charge on any atom is 0.255 e. The zero-order valence-corrected chi connectivity index (χ0v) is 12.7. The summed E-state index contributed by atoms with van der Waals surface area (Å²) in [5.74, 6) is -0.221. The highest BCUT2D eigenvalue weighted by Gasteiger charge is 2.08. The van der Waals surface area contributed by atoms with Crippen molar-refractivity contribution in [1.29, 1.82) is 0 Å². The van der Waals surface area contributed by atoms with Crippen LogP contribution in [0.4, 0.5) is 11.4 Å². The lowest BCUT2D eigenvalue weighted by Gasteiger charge is -2.13. The molecule has 0 aliphatic heterocycles. The highest BCUT2D eigenvalue weighted by Crippen LogP contribution is 2.23. The van der Waals surface area contributed by atoms with Gasteiger partial charge in [0, 0.05) is 31.0 Å². The van der Waals surface area contributed by atoms with Gasteiger partial charge in [-0.15, -0.1) is 0 Å². The average Bonchev–Trinajstić information content (AvgIpc) is 2.42. The first-order valence-corrected chi connectivity index (χ1v) is 6.77. The third-order valence-corrected chi connectivity index (χ3v) is 3.56. The Balaban J connectivity index is 2.12. The van der Waals surface area contributed by atoms with Gasteiger partial charge in [-0.2, -0.15) is 0 Å². The van der Waals surface area contributed by atoms with Gasteiger partial charge in [0.2, 0.25) is 0 Å². The molecule has 0 heterocycles. The number of halogens is 2. The largest absolute Gasteiger partial charge is 0.378 e. The standard InChI is InChI=1S/C15H14Cl2N2O/c1-19(2)12-6-4-11(5-7-12)18-15(20)10-3-8-13(16)14(17)9-10/h3-9H,1-2H3,(H,18,20). The molecule has 2 aromatic rings. The Labute approximate surface area is 128 Å². The van der Waals surface area contributed by atoms with E-state index in [0.717, 1.165) is 11.4 Å². The number of carbonyl (C=O) groups is 1. The van der Waals surface area contributed by atoms with Crippen molar-refractivity contribution in [3.8, 4) is 0 Å². The fourth-order valence-corrected chi connectivity index (χ4v) is 1.98. The van der Waals surface area contributed by atoms with E-state index >= 15 is 0 Å². The van der Waals surface area contributed by atoms with Crippen LogP contribution in [0.1, 0.15) is 10.4 Å². The molecule has 0 fully saturated rings. The first kappa shape index (κ1) is 14.7. The Morgan fingerprint density at radius 3 is 2.20 bits per heavy atom. The highest BCUT2D eigenvalue weighted by molar-refractivity contribution is 6.42. The number of anilines is 2. The minimum Gasteiger partial charge on any atom is -0.378 e. The van der Waals surface area contributed by atoms with Gasteiger partial charge in [-0.3, -0.25) is 4.79 Å². The lowest BCUT2D eigenvalue weighted by atomic mass is 10.2. The maximum absolute atomic E-state index is 12.1. The third kappa shape index (κ3) is 3.44. The molecule has 2 aromatic carbocycles. The smallest absolute Gasteiger partial charge is 0.255 e. The Morgan fingerprint density at radius 1 is 1.00 bits per heavy atom. The van der Waals surface area contributed by atoms with Crippen LogP contribution >= 0.6 is 23.2 Å². The first-order chi connectivity index (χ1) is 9.47. The van der Waals surface area contributed by atoms with Crippen LogP contribution in [0.15, 0.2) is 42.5 Å². The molecule has 1 amide bonds. The molecule has 1 N–H and O–H groups in total. The molecule has 0 radical (unpaired) electrons. The number of rotatable bonds is 3. The second-order valence-electron chi connectivity index (χ2n) is 4.52. The van der Waals surface area contributed by atoms with E-state index in [1.807, 2.05) is 43.3 Å². The van der Waals surface area contributed by atoms with E-state index in [1.54, 1.807) is 18.2 Å². The van der Waals surface area contributed by atoms with E-state index in [4.69, 9.17) is 23.2 Å². The molecule has 0 aliphatic carbocycles. The van der Waals surface area contributed by atoms with Crippen molar-refractivity contribution in [3.05, 3.63) is 58.1 Å². The highest BCUT2D eigenvalue weighted by atomic mass is 35.5. The molecular weight excluding hydrogens is 295 g/mol. The van der Waals surface area contributed by atoms with Crippen LogP contribution in [-0.4, -0.2) is 20.0 Å². The van der Waals surface area contributed by atoms with Gasteiger partial charge in [-0.25, -0.2) is 0 Å². The molecule has 0 aromatic heterocycles. The van der Waals surface area contributed by atoms with Gasteiger partial charge in [0.15, 0.2) is 0 Å². The number of nitrogens with zero attached hydrogens (tertiary/aromatic N) is 1. The minimum atomic E-state index is -0.221. The molecule has 0 saturated heterocycles. The van der Waals surface area contributed by atoms with Gasteiger partial charge < -0.3 is 10.2 Å². The third-order valence-electron chi connectivity index (χ3n) is 2.82. The number of amides is 1. The second-order valence-corrected chi connectivity index (χ2v) is 5.34. The zero-order chi connectivity index (χ0) is 14.7. The van der Waals surface area contributed by atoms with Crippen LogP contribution in [0.3, 0.4) is 0 Å². The summed E-state index contributed by atoms with van der Waals surface area (Å²) >= 11 is 11.7. The Kier molecular flexibility index (Phi) is 4.53. The predicted molar refractivity (Wildman–Crippen MR) is 85.2 cm³/mol. The van der Waals surface area contributed by atoms with Gasteiger partial charge in [0.25, 0.3) is 5.91 Å². The van der Waals surface area contributed by atoms with Crippen LogP contribution < -0.4 is 10.2 Å². The molecule has 3 nitrogen and oxygen atoms in total. The summed E-state index contributed by atoms with van der Waals surface area (Å²) in [7, 11) is 3.92. The lowest BCUT2D eigenvalue weighted by Crippen LogP contribution is -2.12. The minimum absolute atomic E-state index is 0.221. The summed E-state index contributed by atoms with van der Waals surface area (Å²) < 4.78 is 0. The maximum atomic E-state index is 12.1. The normalized spacial score (nSPS) is 10.2. The molecule has 0 unspecified atom stereocenters. The van der Waals surface area contributed by atoms with E-state index in [0.29, 0.717) is 15.6 Å². The average molecular weight is 309 g/mol. The molecule has 104 valence electrons. The molecular formula is C15H14Cl2N2O. The fourth-order valence-electron chi connectivity index (χ4n) is 1.68. The second kappa shape index (κ2) is 6.16. The van der Waals surface area contributed by atoms with Crippen LogP contribution in [0.5, 0.6) is 0 Å². The number of hydrogen-bond acceptors (Lipinski definition) is 2. The monoisotopic (exact) mass is 308 g/mol. The SMILES string of the molecule is CN(C)c1ccc(NC(=O)c2ccc(Cl)c(Cl)c2)cc1. The molecule has 0 spiro atoms. The molecule has 0 bridgehead atoms. The van der Waals surface area contributed by atoms with Crippen LogP contribution in [0, 0.1) is 0 Å². The molecule has 0 saturated carbocycles. The predicted octanol–water partition coefficient (Wildman–Crippen LogP) is 4.31. The van der Waals surface area contributed by atoms with Crippen LogP contribution in [-0.2, 0) is 0 Å². The first-order valence-electron chi connectivity index (χ1n) is 6.01. The van der Waals surface area contributed by atoms with E-state index in [2.05, 4.69) is 5.32 Å². The summed E-state index contributed by atoms with van der Waals surface area (Å²) in [6.45, 7) is 0. The van der Waals surface area contributed by atoms with Gasteiger partial charge in [-0.05, 0) is 42.5 Å². The number of nitrogens with one attached hydrogen (secondary N) is 1. The van der Waals surface area contributed by atoms with Crippen molar-refractivity contribution in [2.75, 3.05) is 24.3 Å².